The van der Waals surface area contributed by atoms with Gasteiger partial charge in [-0.2, -0.15) is 0 Å². The number of anilines is 1. The van der Waals surface area contributed by atoms with Gasteiger partial charge in [0.05, 0.1) is 12.5 Å². The second-order valence-electron chi connectivity index (χ2n) is 6.67. The number of amides is 3. The van der Waals surface area contributed by atoms with Crippen molar-refractivity contribution in [2.24, 2.45) is 5.73 Å². The van der Waals surface area contributed by atoms with E-state index in [1.165, 1.54) is 0 Å². The molecular weight excluding hydrogens is 394 g/mol. The molecule has 3 N–H and O–H groups in total. The fraction of sp³-hybridized carbons (Fsp3) is 0.286. The summed E-state index contributed by atoms with van der Waals surface area (Å²) in [5, 5.41) is 3.02. The van der Waals surface area contributed by atoms with Crippen molar-refractivity contribution in [1.29, 1.82) is 0 Å². The van der Waals surface area contributed by atoms with Crippen molar-refractivity contribution >= 4 is 35.2 Å². The molecule has 0 saturated heterocycles. The Morgan fingerprint density at radius 3 is 2.24 bits per heavy atom. The predicted molar refractivity (Wildman–Crippen MR) is 112 cm³/mol. The number of ether oxygens (including phenoxy) is 1. The van der Waals surface area contributed by atoms with Crippen LogP contribution in [0.1, 0.15) is 31.9 Å². The molecule has 0 fully saturated rings. The fourth-order valence-corrected chi connectivity index (χ4v) is 3.00. The van der Waals surface area contributed by atoms with Crippen LogP contribution in [0.15, 0.2) is 54.6 Å². The first-order valence-corrected chi connectivity index (χ1v) is 9.50. The van der Waals surface area contributed by atoms with Gasteiger partial charge in [-0.3, -0.25) is 9.59 Å². The highest BCUT2D eigenvalue weighted by Gasteiger charge is 2.22. The van der Waals surface area contributed by atoms with Gasteiger partial charge in [0.1, 0.15) is 0 Å². The first-order chi connectivity index (χ1) is 13.8. The average Bonchev–Trinajstić information content (AvgIpc) is 2.67. The summed E-state index contributed by atoms with van der Waals surface area (Å²) < 4.78 is 5.17. The summed E-state index contributed by atoms with van der Waals surface area (Å²) in [5.74, 6) is -0.978. The van der Waals surface area contributed by atoms with E-state index in [1.807, 2.05) is 44.2 Å². The number of carbonyl (C=O) groups is 3. The lowest BCUT2D eigenvalue weighted by Gasteiger charge is -2.26. The van der Waals surface area contributed by atoms with Crippen molar-refractivity contribution in [3.8, 4) is 0 Å². The topological polar surface area (TPSA) is 102 Å². The Labute approximate surface area is 174 Å². The van der Waals surface area contributed by atoms with Crippen LogP contribution in [0.5, 0.6) is 0 Å². The molecule has 0 radical (unpaired) electrons. The highest BCUT2D eigenvalue weighted by Crippen LogP contribution is 2.20. The van der Waals surface area contributed by atoms with E-state index < -0.39 is 24.6 Å². The van der Waals surface area contributed by atoms with E-state index in [4.69, 9.17) is 22.1 Å². The summed E-state index contributed by atoms with van der Waals surface area (Å²) in [6.45, 7) is 3.34. The van der Waals surface area contributed by atoms with Gasteiger partial charge < -0.3 is 20.7 Å². The molecule has 0 saturated carbocycles. The molecule has 1 atom stereocenters. The lowest BCUT2D eigenvalue weighted by molar-refractivity contribution is -0.148. The van der Waals surface area contributed by atoms with Crippen LogP contribution < -0.4 is 16.0 Å². The van der Waals surface area contributed by atoms with Gasteiger partial charge in [-0.05, 0) is 43.7 Å². The monoisotopic (exact) mass is 417 g/mol. The van der Waals surface area contributed by atoms with E-state index in [9.17, 15) is 14.4 Å². The predicted octanol–water partition coefficient (Wildman–Crippen LogP) is 3.42. The van der Waals surface area contributed by atoms with Crippen LogP contribution in [0.25, 0.3) is 0 Å². The number of primary amides is 1. The van der Waals surface area contributed by atoms with Crippen LogP contribution >= 0.6 is 11.6 Å². The van der Waals surface area contributed by atoms with E-state index in [2.05, 4.69) is 5.32 Å². The molecule has 2 aromatic rings. The Balaban J connectivity index is 2.01. The van der Waals surface area contributed by atoms with E-state index in [-0.39, 0.29) is 18.4 Å². The average molecular weight is 418 g/mol. The molecule has 0 heterocycles. The van der Waals surface area contributed by atoms with E-state index in [0.29, 0.717) is 10.6 Å². The van der Waals surface area contributed by atoms with Gasteiger partial charge in [-0.15, -0.1) is 0 Å². The number of hydrogen-bond acceptors (Lipinski definition) is 4. The van der Waals surface area contributed by atoms with E-state index in [0.717, 1.165) is 5.69 Å². The largest absolute Gasteiger partial charge is 0.455 e. The Bertz CT molecular complexity index is 841. The molecule has 0 spiro atoms. The zero-order chi connectivity index (χ0) is 21.4. The van der Waals surface area contributed by atoms with Gasteiger partial charge in [0.15, 0.2) is 6.61 Å². The highest BCUT2D eigenvalue weighted by molar-refractivity contribution is 6.30. The Kier molecular flexibility index (Phi) is 8.03. The molecule has 29 heavy (non-hydrogen) atoms. The summed E-state index contributed by atoms with van der Waals surface area (Å²) >= 11 is 5.87. The number of carbonyl (C=O) groups excluding carboxylic acids is 3. The highest BCUT2D eigenvalue weighted by atomic mass is 35.5. The second-order valence-corrected chi connectivity index (χ2v) is 7.11. The molecule has 8 heteroatoms. The number of nitrogens with zero attached hydrogens (tertiary/aromatic N) is 1. The summed E-state index contributed by atoms with van der Waals surface area (Å²) in [6.07, 6.45) is -0.176. The standard InChI is InChI=1S/C21H24ClN3O4/c1-14(2)25(17-6-4-3-5-7-17)19(26)13-29-20(27)12-18(24-21(23)28)15-8-10-16(22)11-9-15/h3-11,14,18H,12-13H2,1-2H3,(H3,23,24,28)/t18-/m0/s1. The SMILES string of the molecule is CC(C)N(C(=O)COC(=O)C[C@H](NC(N)=O)c1ccc(Cl)cc1)c1ccccc1. The maximum atomic E-state index is 12.6. The number of rotatable bonds is 8. The maximum Gasteiger partial charge on any atom is 0.312 e. The number of benzene rings is 2. The minimum absolute atomic E-state index is 0.109. The lowest BCUT2D eigenvalue weighted by atomic mass is 10.0. The number of hydrogen-bond donors (Lipinski definition) is 2. The zero-order valence-corrected chi connectivity index (χ0v) is 17.1. The van der Waals surface area contributed by atoms with Crippen molar-refractivity contribution < 1.29 is 19.1 Å². The van der Waals surface area contributed by atoms with E-state index in [1.54, 1.807) is 29.2 Å². The molecule has 154 valence electrons. The minimum Gasteiger partial charge on any atom is -0.455 e. The first kappa shape index (κ1) is 22.2. The van der Waals surface area contributed by atoms with E-state index >= 15 is 0 Å². The zero-order valence-electron chi connectivity index (χ0n) is 16.3. The molecule has 0 aliphatic carbocycles. The molecule has 3 amide bonds. The number of halogens is 1. The minimum atomic E-state index is -0.774. The molecule has 0 bridgehead atoms. The lowest BCUT2D eigenvalue weighted by Crippen LogP contribution is -2.40. The second kappa shape index (κ2) is 10.5. The van der Waals surface area contributed by atoms with Gasteiger partial charge in [-0.25, -0.2) is 4.79 Å². The van der Waals surface area contributed by atoms with Gasteiger partial charge in [0.2, 0.25) is 0 Å². The smallest absolute Gasteiger partial charge is 0.312 e. The van der Waals surface area contributed by atoms with Crippen molar-refractivity contribution in [3.63, 3.8) is 0 Å². The maximum absolute atomic E-state index is 12.6. The molecule has 2 rings (SSSR count). The number of urea groups is 1. The molecule has 0 aliphatic rings. The summed E-state index contributed by atoms with van der Waals surface area (Å²) in [5.41, 5.74) is 6.57. The van der Waals surface area contributed by atoms with Crippen LogP contribution in [-0.2, 0) is 14.3 Å². The Morgan fingerprint density at radius 2 is 1.69 bits per heavy atom. The Morgan fingerprint density at radius 1 is 1.07 bits per heavy atom. The molecule has 0 aromatic heterocycles. The van der Waals surface area contributed by atoms with Crippen molar-refractivity contribution in [1.82, 2.24) is 5.32 Å². The Hall–Kier alpha value is -3.06. The van der Waals surface area contributed by atoms with Crippen LogP contribution in [0.4, 0.5) is 10.5 Å². The fourth-order valence-electron chi connectivity index (χ4n) is 2.88. The summed E-state index contributed by atoms with van der Waals surface area (Å²) in [6, 6.07) is 14.2. The molecule has 0 unspecified atom stereocenters. The summed E-state index contributed by atoms with van der Waals surface area (Å²) in [4.78, 5) is 37.8. The number of para-hydroxylation sites is 1. The van der Waals surface area contributed by atoms with Crippen molar-refractivity contribution in [2.75, 3.05) is 11.5 Å². The van der Waals surface area contributed by atoms with Crippen molar-refractivity contribution in [3.05, 3.63) is 65.2 Å². The quantitative estimate of drug-likeness (QED) is 0.642. The van der Waals surface area contributed by atoms with Crippen LogP contribution in [-0.4, -0.2) is 30.6 Å². The van der Waals surface area contributed by atoms with Gasteiger partial charge in [-0.1, -0.05) is 41.9 Å². The third-order valence-electron chi connectivity index (χ3n) is 4.14. The molecule has 7 nitrogen and oxygen atoms in total. The number of nitrogens with two attached hydrogens (primary N) is 1. The van der Waals surface area contributed by atoms with Gasteiger partial charge in [0.25, 0.3) is 5.91 Å². The van der Waals surface area contributed by atoms with Crippen LogP contribution in [0, 0.1) is 0 Å². The van der Waals surface area contributed by atoms with Gasteiger partial charge >= 0.3 is 12.0 Å². The first-order valence-electron chi connectivity index (χ1n) is 9.12. The third kappa shape index (κ3) is 6.80. The number of esters is 1. The van der Waals surface area contributed by atoms with Crippen molar-refractivity contribution in [2.45, 2.75) is 32.4 Å². The molecule has 2 aromatic carbocycles. The van der Waals surface area contributed by atoms with Gasteiger partial charge in [0, 0.05) is 16.8 Å². The molecule has 0 aliphatic heterocycles. The number of nitrogens with one attached hydrogen (secondary N) is 1. The summed E-state index contributed by atoms with van der Waals surface area (Å²) in [7, 11) is 0. The third-order valence-corrected chi connectivity index (χ3v) is 4.39. The van der Waals surface area contributed by atoms with Crippen LogP contribution in [0.3, 0.4) is 0 Å². The normalized spacial score (nSPS) is 11.6. The van der Waals surface area contributed by atoms with Crippen LogP contribution in [0.2, 0.25) is 5.02 Å². The molecular formula is C21H24ClN3O4.